The second-order valence-corrected chi connectivity index (χ2v) is 11.5. The number of aliphatic imine (C=N–C) groups is 1. The van der Waals surface area contributed by atoms with Crippen molar-refractivity contribution in [2.75, 3.05) is 44.2 Å². The van der Waals surface area contributed by atoms with Crippen molar-refractivity contribution in [3.8, 4) is 0 Å². The van der Waals surface area contributed by atoms with Crippen molar-refractivity contribution < 1.29 is 18.0 Å². The molecule has 1 saturated heterocycles. The molecule has 2 aliphatic heterocycles. The van der Waals surface area contributed by atoms with Crippen LogP contribution in [0.2, 0.25) is 0 Å². The Morgan fingerprint density at radius 3 is 1.93 bits per heavy atom. The van der Waals surface area contributed by atoms with E-state index in [2.05, 4.69) is 9.80 Å². The molecule has 3 aromatic carbocycles. The molecular weight excluding hydrogens is 557 g/mol. The normalized spacial score (nSPS) is 17.5. The second-order valence-electron chi connectivity index (χ2n) is 10.5. The monoisotopic (exact) mass is 588 g/mol. The fraction of sp³-hybridized carbons (Fsp3) is 0.273. The van der Waals surface area contributed by atoms with Crippen molar-refractivity contribution >= 4 is 28.8 Å². The number of piperazine rings is 1. The van der Waals surface area contributed by atoms with Gasteiger partial charge >= 0.3 is 6.18 Å². The van der Waals surface area contributed by atoms with Gasteiger partial charge in [-0.05, 0) is 59.8 Å². The van der Waals surface area contributed by atoms with Crippen LogP contribution < -0.4 is 4.90 Å². The van der Waals surface area contributed by atoms with Gasteiger partial charge in [0.05, 0.1) is 10.4 Å². The minimum Gasteiger partial charge on any atom is -0.369 e. The molecule has 0 saturated carbocycles. The summed E-state index contributed by atoms with van der Waals surface area (Å²) in [6.45, 7) is 4.43. The number of nitrogens with zero attached hydrogens (tertiary/aromatic N) is 4. The van der Waals surface area contributed by atoms with Crippen LogP contribution in [-0.2, 0) is 16.5 Å². The van der Waals surface area contributed by atoms with Gasteiger partial charge in [0.15, 0.2) is 5.54 Å². The summed E-state index contributed by atoms with van der Waals surface area (Å²) in [5.41, 5.74) is 0.722. The van der Waals surface area contributed by atoms with Crippen LogP contribution in [0.1, 0.15) is 28.0 Å². The minimum absolute atomic E-state index is 0.0459. The number of alkyl halides is 3. The van der Waals surface area contributed by atoms with Gasteiger partial charge < -0.3 is 4.90 Å². The Balaban J connectivity index is 1.15. The third-order valence-corrected chi connectivity index (χ3v) is 8.86. The average Bonchev–Trinajstić information content (AvgIpc) is 3.65. The van der Waals surface area contributed by atoms with Crippen LogP contribution in [0, 0.1) is 0 Å². The van der Waals surface area contributed by atoms with Gasteiger partial charge in [-0.15, -0.1) is 11.3 Å². The molecule has 0 atom stereocenters. The lowest BCUT2D eigenvalue weighted by molar-refractivity contribution is -0.137. The van der Waals surface area contributed by atoms with Crippen LogP contribution in [-0.4, -0.2) is 60.8 Å². The number of benzene rings is 3. The maximum absolute atomic E-state index is 14.4. The number of hydrogen-bond donors (Lipinski definition) is 0. The first-order chi connectivity index (χ1) is 20.4. The van der Waals surface area contributed by atoms with Gasteiger partial charge in [0.1, 0.15) is 5.84 Å². The third kappa shape index (κ3) is 5.46. The molecule has 0 radical (unpaired) electrons. The number of thiophene rings is 1. The lowest BCUT2D eigenvalue weighted by Crippen LogP contribution is -2.47. The molecule has 0 aliphatic carbocycles. The van der Waals surface area contributed by atoms with Crippen LogP contribution in [0.15, 0.2) is 107 Å². The smallest absolute Gasteiger partial charge is 0.369 e. The summed E-state index contributed by atoms with van der Waals surface area (Å²) >= 11 is 1.58. The van der Waals surface area contributed by atoms with Crippen LogP contribution in [0.5, 0.6) is 0 Å². The van der Waals surface area contributed by atoms with E-state index in [1.54, 1.807) is 23.5 Å². The largest absolute Gasteiger partial charge is 0.416 e. The molecule has 5 nitrogen and oxygen atoms in total. The van der Waals surface area contributed by atoms with Crippen molar-refractivity contribution in [1.82, 2.24) is 9.80 Å². The summed E-state index contributed by atoms with van der Waals surface area (Å²) in [5, 5.41) is 2.00. The SMILES string of the molecule is O=C1N(CCCN2CCN(c3ccc(C(F)(F)F)cc3)CC2)C(c2cccs2)=NC1(c1ccccc1)c1ccccc1. The van der Waals surface area contributed by atoms with E-state index < -0.39 is 17.3 Å². The Morgan fingerprint density at radius 2 is 1.38 bits per heavy atom. The van der Waals surface area contributed by atoms with Gasteiger partial charge in [0, 0.05) is 38.4 Å². The first-order valence-corrected chi connectivity index (χ1v) is 15.0. The van der Waals surface area contributed by atoms with Crippen molar-refractivity contribution in [2.24, 2.45) is 4.99 Å². The standard InChI is InChI=1S/C33H31F3N4OS/c34-33(35,36)27-14-16-28(17-15-27)39-22-20-38(21-23-39)18-8-19-40-30(29-13-7-24-42-29)37-32(31(40)41,25-9-3-1-4-10-25)26-11-5-2-6-12-26/h1-7,9-17,24H,8,18-23H2. The molecule has 2 aliphatic rings. The average molecular weight is 589 g/mol. The first kappa shape index (κ1) is 28.2. The third-order valence-electron chi connectivity index (χ3n) is 8.00. The highest BCUT2D eigenvalue weighted by Gasteiger charge is 2.51. The summed E-state index contributed by atoms with van der Waals surface area (Å²) in [4.78, 5) is 26.9. The van der Waals surface area contributed by atoms with Crippen LogP contribution in [0.25, 0.3) is 0 Å². The summed E-state index contributed by atoms with van der Waals surface area (Å²) in [5.74, 6) is 0.658. The molecule has 0 bridgehead atoms. The molecule has 1 fully saturated rings. The molecule has 0 N–H and O–H groups in total. The Kier molecular flexibility index (Phi) is 7.88. The predicted molar refractivity (Wildman–Crippen MR) is 161 cm³/mol. The fourth-order valence-electron chi connectivity index (χ4n) is 5.80. The predicted octanol–water partition coefficient (Wildman–Crippen LogP) is 6.51. The molecule has 0 unspecified atom stereocenters. The maximum atomic E-state index is 14.4. The number of amides is 1. The lowest BCUT2D eigenvalue weighted by Gasteiger charge is -2.36. The molecule has 4 aromatic rings. The molecule has 42 heavy (non-hydrogen) atoms. The van der Waals surface area contributed by atoms with Crippen molar-refractivity contribution in [2.45, 2.75) is 18.1 Å². The zero-order valence-electron chi connectivity index (χ0n) is 23.0. The first-order valence-electron chi connectivity index (χ1n) is 14.1. The molecule has 3 heterocycles. The Labute approximate surface area is 247 Å². The Morgan fingerprint density at radius 1 is 0.762 bits per heavy atom. The topological polar surface area (TPSA) is 39.2 Å². The summed E-state index contributed by atoms with van der Waals surface area (Å²) < 4.78 is 38.8. The number of amidine groups is 1. The van der Waals surface area contributed by atoms with Crippen molar-refractivity contribution in [3.05, 3.63) is 124 Å². The molecular formula is C33H31F3N4OS. The van der Waals surface area contributed by atoms with E-state index in [1.807, 2.05) is 83.1 Å². The van der Waals surface area contributed by atoms with Gasteiger partial charge in [0.2, 0.25) is 0 Å². The highest BCUT2D eigenvalue weighted by molar-refractivity contribution is 7.12. The van der Waals surface area contributed by atoms with Crippen molar-refractivity contribution in [1.29, 1.82) is 0 Å². The molecule has 9 heteroatoms. The van der Waals surface area contributed by atoms with Crippen LogP contribution >= 0.6 is 11.3 Å². The minimum atomic E-state index is -4.33. The number of rotatable bonds is 8. The van der Waals surface area contributed by atoms with Gasteiger partial charge in [0.25, 0.3) is 5.91 Å². The van der Waals surface area contributed by atoms with Gasteiger partial charge in [-0.3, -0.25) is 14.6 Å². The van der Waals surface area contributed by atoms with E-state index in [0.29, 0.717) is 12.4 Å². The molecule has 6 rings (SSSR count). The zero-order chi connectivity index (χ0) is 29.2. The van der Waals surface area contributed by atoms with Crippen LogP contribution in [0.4, 0.5) is 18.9 Å². The number of halogens is 3. The molecule has 216 valence electrons. The molecule has 1 aromatic heterocycles. The van der Waals surface area contributed by atoms with Gasteiger partial charge in [-0.1, -0.05) is 66.7 Å². The lowest BCUT2D eigenvalue weighted by atomic mass is 9.83. The highest BCUT2D eigenvalue weighted by Crippen LogP contribution is 2.41. The maximum Gasteiger partial charge on any atom is 0.416 e. The van der Waals surface area contributed by atoms with E-state index in [0.717, 1.165) is 73.0 Å². The number of hydrogen-bond acceptors (Lipinski definition) is 5. The van der Waals surface area contributed by atoms with E-state index >= 15 is 0 Å². The van der Waals surface area contributed by atoms with E-state index in [9.17, 15) is 18.0 Å². The van der Waals surface area contributed by atoms with E-state index in [1.165, 1.54) is 0 Å². The fourth-order valence-corrected chi connectivity index (χ4v) is 6.53. The van der Waals surface area contributed by atoms with Gasteiger partial charge in [-0.25, -0.2) is 4.99 Å². The quantitative estimate of drug-likeness (QED) is 0.236. The molecule has 1 amide bonds. The Hall–Kier alpha value is -3.95. The zero-order valence-corrected chi connectivity index (χ0v) is 23.8. The summed E-state index contributed by atoms with van der Waals surface area (Å²) in [6.07, 6.45) is -3.56. The number of anilines is 1. The van der Waals surface area contributed by atoms with Crippen LogP contribution in [0.3, 0.4) is 0 Å². The van der Waals surface area contributed by atoms with Gasteiger partial charge in [-0.2, -0.15) is 13.2 Å². The molecule has 0 spiro atoms. The number of carbonyl (C=O) groups is 1. The number of carbonyl (C=O) groups excluding carboxylic acids is 1. The van der Waals surface area contributed by atoms with Crippen molar-refractivity contribution in [3.63, 3.8) is 0 Å². The summed E-state index contributed by atoms with van der Waals surface area (Å²) in [7, 11) is 0. The Bertz CT molecular complexity index is 1480. The second kappa shape index (κ2) is 11.7. The van der Waals surface area contributed by atoms with E-state index in [4.69, 9.17) is 4.99 Å². The highest BCUT2D eigenvalue weighted by atomic mass is 32.1. The van der Waals surface area contributed by atoms with E-state index in [-0.39, 0.29) is 5.91 Å². The summed E-state index contributed by atoms with van der Waals surface area (Å²) in [6, 6.07) is 28.9.